The number of hydrogen-bond acceptors (Lipinski definition) is 3. The molecule has 2 atom stereocenters. The number of halogens is 1. The SMILES string of the molecule is CC1CCCC(Sc2cc(Br)nc(C(C)C)n2)C1. The van der Waals surface area contributed by atoms with E-state index in [0.29, 0.717) is 5.92 Å². The Hall–Kier alpha value is -0.0900. The molecule has 0 bridgehead atoms. The lowest BCUT2D eigenvalue weighted by Gasteiger charge is -2.25. The average molecular weight is 329 g/mol. The summed E-state index contributed by atoms with van der Waals surface area (Å²) in [6, 6.07) is 2.05. The van der Waals surface area contributed by atoms with Gasteiger partial charge in [-0.25, -0.2) is 9.97 Å². The molecule has 1 fully saturated rings. The first-order chi connectivity index (χ1) is 8.54. The van der Waals surface area contributed by atoms with Crippen LogP contribution in [-0.4, -0.2) is 15.2 Å². The summed E-state index contributed by atoms with van der Waals surface area (Å²) < 4.78 is 0.910. The molecule has 2 unspecified atom stereocenters. The first-order valence-electron chi connectivity index (χ1n) is 6.75. The monoisotopic (exact) mass is 328 g/mol. The summed E-state index contributed by atoms with van der Waals surface area (Å²) in [6.07, 6.45) is 5.40. The zero-order valence-corrected chi connectivity index (χ0v) is 13.7. The second-order valence-electron chi connectivity index (χ2n) is 5.55. The van der Waals surface area contributed by atoms with Gasteiger partial charge in [0.05, 0.1) is 0 Å². The van der Waals surface area contributed by atoms with Crippen LogP contribution in [0.5, 0.6) is 0 Å². The van der Waals surface area contributed by atoms with Crippen molar-refractivity contribution in [3.63, 3.8) is 0 Å². The molecule has 1 aliphatic carbocycles. The van der Waals surface area contributed by atoms with Crippen LogP contribution in [0.15, 0.2) is 15.7 Å². The molecule has 0 aliphatic heterocycles. The Morgan fingerprint density at radius 1 is 1.33 bits per heavy atom. The second kappa shape index (κ2) is 6.38. The van der Waals surface area contributed by atoms with Crippen LogP contribution < -0.4 is 0 Å². The second-order valence-corrected chi connectivity index (χ2v) is 7.69. The first kappa shape index (κ1) is 14.3. The highest BCUT2D eigenvalue weighted by molar-refractivity contribution is 9.10. The maximum absolute atomic E-state index is 4.67. The zero-order valence-electron chi connectivity index (χ0n) is 11.3. The maximum atomic E-state index is 4.67. The van der Waals surface area contributed by atoms with Gasteiger partial charge in [-0.2, -0.15) is 0 Å². The molecule has 0 saturated heterocycles. The molecule has 1 aromatic rings. The van der Waals surface area contributed by atoms with Crippen LogP contribution in [0.4, 0.5) is 0 Å². The van der Waals surface area contributed by atoms with Crippen LogP contribution in [0.25, 0.3) is 0 Å². The fourth-order valence-corrected chi connectivity index (χ4v) is 4.32. The zero-order chi connectivity index (χ0) is 13.1. The fraction of sp³-hybridized carbons (Fsp3) is 0.714. The van der Waals surface area contributed by atoms with Gasteiger partial charge >= 0.3 is 0 Å². The highest BCUT2D eigenvalue weighted by Crippen LogP contribution is 2.36. The van der Waals surface area contributed by atoms with Crippen molar-refractivity contribution in [1.29, 1.82) is 0 Å². The topological polar surface area (TPSA) is 25.8 Å². The van der Waals surface area contributed by atoms with Gasteiger partial charge in [-0.05, 0) is 34.7 Å². The molecule has 2 rings (SSSR count). The fourth-order valence-electron chi connectivity index (χ4n) is 2.39. The van der Waals surface area contributed by atoms with E-state index in [0.717, 1.165) is 26.6 Å². The summed E-state index contributed by atoms with van der Waals surface area (Å²) in [7, 11) is 0. The van der Waals surface area contributed by atoms with Crippen LogP contribution in [0.1, 0.15) is 58.2 Å². The molecule has 0 radical (unpaired) electrons. The molecular formula is C14H21BrN2S. The van der Waals surface area contributed by atoms with E-state index in [-0.39, 0.29) is 0 Å². The van der Waals surface area contributed by atoms with E-state index in [4.69, 9.17) is 0 Å². The minimum Gasteiger partial charge on any atom is -0.226 e. The number of thioether (sulfide) groups is 1. The summed E-state index contributed by atoms with van der Waals surface area (Å²) in [5.41, 5.74) is 0. The minimum atomic E-state index is 0.382. The van der Waals surface area contributed by atoms with Crippen molar-refractivity contribution in [3.8, 4) is 0 Å². The van der Waals surface area contributed by atoms with Crippen molar-refractivity contribution in [2.45, 2.75) is 62.6 Å². The summed E-state index contributed by atoms with van der Waals surface area (Å²) >= 11 is 5.43. The van der Waals surface area contributed by atoms with Crippen molar-refractivity contribution in [2.24, 2.45) is 5.92 Å². The van der Waals surface area contributed by atoms with Gasteiger partial charge in [0.15, 0.2) is 0 Å². The molecule has 1 heterocycles. The summed E-state index contributed by atoms with van der Waals surface area (Å²) in [5.74, 6) is 2.19. The molecule has 0 spiro atoms. The summed E-state index contributed by atoms with van der Waals surface area (Å²) in [6.45, 7) is 6.64. The van der Waals surface area contributed by atoms with Crippen molar-refractivity contribution in [3.05, 3.63) is 16.5 Å². The van der Waals surface area contributed by atoms with Gasteiger partial charge in [-0.15, -0.1) is 11.8 Å². The lowest BCUT2D eigenvalue weighted by Crippen LogP contribution is -2.15. The van der Waals surface area contributed by atoms with E-state index in [1.165, 1.54) is 25.7 Å². The van der Waals surface area contributed by atoms with Crippen LogP contribution in [-0.2, 0) is 0 Å². The normalized spacial score (nSPS) is 24.5. The van der Waals surface area contributed by atoms with E-state index in [9.17, 15) is 0 Å². The van der Waals surface area contributed by atoms with Crippen molar-refractivity contribution >= 4 is 27.7 Å². The molecule has 2 nitrogen and oxygen atoms in total. The molecule has 1 aliphatic rings. The number of nitrogens with zero attached hydrogens (tertiary/aromatic N) is 2. The largest absolute Gasteiger partial charge is 0.226 e. The smallest absolute Gasteiger partial charge is 0.133 e. The van der Waals surface area contributed by atoms with E-state index >= 15 is 0 Å². The van der Waals surface area contributed by atoms with E-state index < -0.39 is 0 Å². The lowest BCUT2D eigenvalue weighted by atomic mass is 9.91. The van der Waals surface area contributed by atoms with E-state index in [2.05, 4.69) is 52.7 Å². The molecule has 1 saturated carbocycles. The Morgan fingerprint density at radius 3 is 2.78 bits per heavy atom. The van der Waals surface area contributed by atoms with Gasteiger partial charge < -0.3 is 0 Å². The van der Waals surface area contributed by atoms with E-state index in [1.54, 1.807) is 0 Å². The highest BCUT2D eigenvalue weighted by Gasteiger charge is 2.20. The lowest BCUT2D eigenvalue weighted by molar-refractivity contribution is 0.394. The average Bonchev–Trinajstić information content (AvgIpc) is 2.28. The molecule has 0 aromatic carbocycles. The molecule has 100 valence electrons. The van der Waals surface area contributed by atoms with Gasteiger partial charge in [-0.3, -0.25) is 0 Å². The Labute approximate surface area is 123 Å². The number of rotatable bonds is 3. The highest BCUT2D eigenvalue weighted by atomic mass is 79.9. The molecule has 18 heavy (non-hydrogen) atoms. The minimum absolute atomic E-state index is 0.382. The molecule has 0 amide bonds. The predicted molar refractivity (Wildman–Crippen MR) is 81.1 cm³/mol. The maximum Gasteiger partial charge on any atom is 0.133 e. The van der Waals surface area contributed by atoms with Crippen LogP contribution >= 0.6 is 27.7 Å². The Bertz CT molecular complexity index is 409. The molecule has 4 heteroatoms. The third-order valence-electron chi connectivity index (χ3n) is 3.38. The van der Waals surface area contributed by atoms with Gasteiger partial charge in [0.1, 0.15) is 15.5 Å². The number of hydrogen-bond donors (Lipinski definition) is 0. The predicted octanol–water partition coefficient (Wildman–Crippen LogP) is 5.03. The van der Waals surface area contributed by atoms with Crippen LogP contribution in [0.2, 0.25) is 0 Å². The molecule has 0 N–H and O–H groups in total. The standard InChI is InChI=1S/C14H21BrN2S/c1-9(2)14-16-12(15)8-13(17-14)18-11-6-4-5-10(3)7-11/h8-11H,4-7H2,1-3H3. The number of aromatic nitrogens is 2. The quantitative estimate of drug-likeness (QED) is 0.727. The Morgan fingerprint density at radius 2 is 2.11 bits per heavy atom. The van der Waals surface area contributed by atoms with Crippen LogP contribution in [0.3, 0.4) is 0 Å². The molecular weight excluding hydrogens is 308 g/mol. The van der Waals surface area contributed by atoms with E-state index in [1.807, 2.05) is 11.8 Å². The summed E-state index contributed by atoms with van der Waals surface area (Å²) in [4.78, 5) is 9.11. The first-order valence-corrected chi connectivity index (χ1v) is 8.43. The van der Waals surface area contributed by atoms with Gasteiger partial charge in [0.25, 0.3) is 0 Å². The van der Waals surface area contributed by atoms with Gasteiger partial charge in [0.2, 0.25) is 0 Å². The van der Waals surface area contributed by atoms with Gasteiger partial charge in [0, 0.05) is 17.2 Å². The van der Waals surface area contributed by atoms with Crippen molar-refractivity contribution < 1.29 is 0 Å². The van der Waals surface area contributed by atoms with Crippen molar-refractivity contribution in [1.82, 2.24) is 9.97 Å². The van der Waals surface area contributed by atoms with Gasteiger partial charge in [-0.1, -0.05) is 33.6 Å². The summed E-state index contributed by atoms with van der Waals surface area (Å²) in [5, 5.41) is 1.86. The van der Waals surface area contributed by atoms with Crippen LogP contribution in [0, 0.1) is 5.92 Å². The third-order valence-corrected chi connectivity index (χ3v) is 5.00. The van der Waals surface area contributed by atoms with Crippen molar-refractivity contribution in [2.75, 3.05) is 0 Å². The Balaban J connectivity index is 2.08. The Kier molecular flexibility index (Phi) is 5.07. The molecule has 1 aromatic heterocycles. The third kappa shape index (κ3) is 3.95.